The van der Waals surface area contributed by atoms with Crippen LogP contribution in [-0.2, 0) is 4.74 Å². The number of hydrogen-bond acceptors (Lipinski definition) is 9. The van der Waals surface area contributed by atoms with Gasteiger partial charge in [0.05, 0.1) is 43.4 Å². The molecule has 0 spiro atoms. The molecule has 2 aromatic carbocycles. The van der Waals surface area contributed by atoms with Crippen LogP contribution in [-0.4, -0.2) is 72.4 Å². The fraction of sp³-hybridized carbons (Fsp3) is 0.345. The minimum Gasteiger partial charge on any atom is -0.495 e. The number of para-hydroxylation sites is 1. The van der Waals surface area contributed by atoms with Gasteiger partial charge in [-0.05, 0) is 43.2 Å². The Kier molecular flexibility index (Phi) is 7.19. The van der Waals surface area contributed by atoms with Gasteiger partial charge in [-0.3, -0.25) is 9.88 Å². The average molecular weight is 512 g/mol. The first-order valence-corrected chi connectivity index (χ1v) is 13.2. The van der Waals surface area contributed by atoms with E-state index in [0.29, 0.717) is 17.8 Å². The van der Waals surface area contributed by atoms with Gasteiger partial charge >= 0.3 is 0 Å². The Hall–Kier alpha value is -3.95. The van der Waals surface area contributed by atoms with Crippen LogP contribution in [0.4, 0.5) is 28.8 Å². The summed E-state index contributed by atoms with van der Waals surface area (Å²) in [6, 6.07) is 18.8. The Labute approximate surface area is 222 Å². The smallest absolute Gasteiger partial charge is 0.229 e. The number of aromatic nitrogens is 3. The maximum Gasteiger partial charge on any atom is 0.229 e. The minimum atomic E-state index is 0.505. The zero-order chi connectivity index (χ0) is 25.7. The molecule has 0 radical (unpaired) electrons. The molecule has 0 amide bonds. The van der Waals surface area contributed by atoms with Crippen LogP contribution in [0, 0.1) is 0 Å². The van der Waals surface area contributed by atoms with E-state index in [1.807, 2.05) is 42.6 Å². The van der Waals surface area contributed by atoms with Crippen molar-refractivity contribution in [2.24, 2.45) is 0 Å². The summed E-state index contributed by atoms with van der Waals surface area (Å²) in [5.41, 5.74) is 3.83. The molecule has 196 valence electrons. The normalized spacial score (nSPS) is 16.9. The molecule has 6 rings (SSSR count). The summed E-state index contributed by atoms with van der Waals surface area (Å²) in [5.74, 6) is 2.03. The van der Waals surface area contributed by atoms with Crippen LogP contribution in [0.3, 0.4) is 0 Å². The molecule has 4 heterocycles. The second kappa shape index (κ2) is 11.2. The van der Waals surface area contributed by atoms with Crippen LogP contribution in [0.1, 0.15) is 12.8 Å². The number of ether oxygens (including phenoxy) is 2. The van der Waals surface area contributed by atoms with Gasteiger partial charge in [-0.15, -0.1) is 0 Å². The first-order chi connectivity index (χ1) is 18.7. The number of nitrogens with zero attached hydrogens (tertiary/aromatic N) is 5. The van der Waals surface area contributed by atoms with Gasteiger partial charge in [-0.25, -0.2) is 4.98 Å². The van der Waals surface area contributed by atoms with Crippen LogP contribution in [0.25, 0.3) is 10.9 Å². The van der Waals surface area contributed by atoms with E-state index in [0.717, 1.165) is 85.9 Å². The SMILES string of the molecule is COc1cc(Nc2nccc(Nc3cnc4ccccc4c3)n2)ccc1N1CCC(N2CCOCC2)CC1. The van der Waals surface area contributed by atoms with Crippen molar-refractivity contribution in [2.75, 3.05) is 62.0 Å². The van der Waals surface area contributed by atoms with Crippen molar-refractivity contribution in [3.05, 3.63) is 67.0 Å². The van der Waals surface area contributed by atoms with E-state index >= 15 is 0 Å². The van der Waals surface area contributed by atoms with Crippen molar-refractivity contribution in [1.82, 2.24) is 19.9 Å². The molecule has 0 aliphatic carbocycles. The van der Waals surface area contributed by atoms with Crippen LogP contribution in [0.5, 0.6) is 5.75 Å². The lowest BCUT2D eigenvalue weighted by Gasteiger charge is -2.41. The zero-order valence-electron chi connectivity index (χ0n) is 21.6. The lowest BCUT2D eigenvalue weighted by Crippen LogP contribution is -2.49. The van der Waals surface area contributed by atoms with E-state index in [2.05, 4.69) is 53.6 Å². The molecule has 2 aliphatic rings. The summed E-state index contributed by atoms with van der Waals surface area (Å²) in [4.78, 5) is 18.6. The highest BCUT2D eigenvalue weighted by molar-refractivity contribution is 5.82. The molecule has 9 nitrogen and oxygen atoms in total. The van der Waals surface area contributed by atoms with Gasteiger partial charge in [-0.1, -0.05) is 18.2 Å². The summed E-state index contributed by atoms with van der Waals surface area (Å²) >= 11 is 0. The van der Waals surface area contributed by atoms with Gasteiger partial charge in [0.15, 0.2) is 0 Å². The Balaban J connectivity index is 1.11. The van der Waals surface area contributed by atoms with Crippen molar-refractivity contribution < 1.29 is 9.47 Å². The molecule has 2 fully saturated rings. The summed E-state index contributed by atoms with van der Waals surface area (Å²) in [6.07, 6.45) is 5.86. The lowest BCUT2D eigenvalue weighted by molar-refractivity contribution is 0.0115. The third-order valence-corrected chi connectivity index (χ3v) is 7.32. The molecule has 0 atom stereocenters. The fourth-order valence-corrected chi connectivity index (χ4v) is 5.34. The zero-order valence-corrected chi connectivity index (χ0v) is 21.6. The Bertz CT molecular complexity index is 1380. The molecule has 2 aromatic heterocycles. The quantitative estimate of drug-likeness (QED) is 0.362. The number of morpholine rings is 1. The number of pyridine rings is 1. The molecule has 2 saturated heterocycles. The Morgan fingerprint density at radius 1 is 0.895 bits per heavy atom. The highest BCUT2D eigenvalue weighted by Crippen LogP contribution is 2.34. The lowest BCUT2D eigenvalue weighted by atomic mass is 10.0. The summed E-state index contributed by atoms with van der Waals surface area (Å²) in [6.45, 7) is 5.84. The van der Waals surface area contributed by atoms with Crippen molar-refractivity contribution in [1.29, 1.82) is 0 Å². The van der Waals surface area contributed by atoms with Crippen LogP contribution < -0.4 is 20.3 Å². The minimum absolute atomic E-state index is 0.505. The second-order valence-corrected chi connectivity index (χ2v) is 9.69. The molecule has 2 aliphatic heterocycles. The number of rotatable bonds is 7. The average Bonchev–Trinajstić information content (AvgIpc) is 2.98. The summed E-state index contributed by atoms with van der Waals surface area (Å²) < 4.78 is 11.3. The predicted molar refractivity (Wildman–Crippen MR) is 151 cm³/mol. The van der Waals surface area contributed by atoms with Crippen LogP contribution in [0.15, 0.2) is 67.0 Å². The number of nitrogens with one attached hydrogen (secondary N) is 2. The molecule has 0 saturated carbocycles. The number of hydrogen-bond donors (Lipinski definition) is 2. The third kappa shape index (κ3) is 5.49. The maximum absolute atomic E-state index is 5.79. The van der Waals surface area contributed by atoms with Gasteiger partial charge < -0.3 is 25.0 Å². The fourth-order valence-electron chi connectivity index (χ4n) is 5.34. The molecule has 4 aromatic rings. The largest absolute Gasteiger partial charge is 0.495 e. The number of anilines is 5. The molecule has 9 heteroatoms. The predicted octanol–water partition coefficient (Wildman–Crippen LogP) is 4.82. The van der Waals surface area contributed by atoms with Crippen LogP contribution >= 0.6 is 0 Å². The van der Waals surface area contributed by atoms with Gasteiger partial charge in [0.1, 0.15) is 11.6 Å². The van der Waals surface area contributed by atoms with Crippen molar-refractivity contribution in [2.45, 2.75) is 18.9 Å². The van der Waals surface area contributed by atoms with E-state index in [-0.39, 0.29) is 0 Å². The summed E-state index contributed by atoms with van der Waals surface area (Å²) in [5, 5.41) is 7.72. The number of fused-ring (bicyclic) bond motifs is 1. The van der Waals surface area contributed by atoms with Gasteiger partial charge in [0.2, 0.25) is 5.95 Å². The number of benzene rings is 2. The van der Waals surface area contributed by atoms with Crippen molar-refractivity contribution >= 4 is 39.7 Å². The van der Waals surface area contributed by atoms with Gasteiger partial charge in [0, 0.05) is 55.6 Å². The molecular weight excluding hydrogens is 478 g/mol. The third-order valence-electron chi connectivity index (χ3n) is 7.32. The highest BCUT2D eigenvalue weighted by atomic mass is 16.5. The molecule has 0 unspecified atom stereocenters. The van der Waals surface area contributed by atoms with E-state index in [4.69, 9.17) is 9.47 Å². The molecule has 0 bridgehead atoms. The topological polar surface area (TPSA) is 87.7 Å². The highest BCUT2D eigenvalue weighted by Gasteiger charge is 2.27. The van der Waals surface area contributed by atoms with E-state index in [9.17, 15) is 0 Å². The van der Waals surface area contributed by atoms with Gasteiger partial charge in [-0.2, -0.15) is 4.98 Å². The van der Waals surface area contributed by atoms with Crippen molar-refractivity contribution in [3.63, 3.8) is 0 Å². The summed E-state index contributed by atoms with van der Waals surface area (Å²) in [7, 11) is 1.72. The monoisotopic (exact) mass is 511 g/mol. The molecule has 38 heavy (non-hydrogen) atoms. The Morgan fingerprint density at radius 2 is 1.74 bits per heavy atom. The second-order valence-electron chi connectivity index (χ2n) is 9.69. The van der Waals surface area contributed by atoms with Crippen LogP contribution in [0.2, 0.25) is 0 Å². The number of piperidine rings is 1. The van der Waals surface area contributed by atoms with E-state index in [1.165, 1.54) is 0 Å². The standard InChI is InChI=1S/C29H33N7O2/c1-37-27-19-22(6-7-26(27)36-12-9-24(10-13-36)35-14-16-38-17-15-35)33-29-30-11-8-28(34-29)32-23-18-21-4-2-3-5-25(21)31-20-23/h2-8,11,18-20,24H,9-10,12-17H2,1H3,(H2,30,32,33,34). The number of methoxy groups -OCH3 is 1. The molecular formula is C29H33N7O2. The van der Waals surface area contributed by atoms with E-state index in [1.54, 1.807) is 13.3 Å². The van der Waals surface area contributed by atoms with Gasteiger partial charge in [0.25, 0.3) is 0 Å². The van der Waals surface area contributed by atoms with Crippen molar-refractivity contribution in [3.8, 4) is 5.75 Å². The first-order valence-electron chi connectivity index (χ1n) is 13.2. The first kappa shape index (κ1) is 24.4. The van der Waals surface area contributed by atoms with E-state index < -0.39 is 0 Å². The maximum atomic E-state index is 5.79. The molecule has 2 N–H and O–H groups in total. The Morgan fingerprint density at radius 3 is 2.58 bits per heavy atom.